The Balaban J connectivity index is 1.86. The number of hydrogen-bond acceptors (Lipinski definition) is 1. The average Bonchev–Trinajstić information content (AvgIpc) is 2.52. The second-order valence-corrected chi connectivity index (χ2v) is 5.24. The number of hydrogen-bond donors (Lipinski definition) is 1. The minimum absolute atomic E-state index is 0.120. The van der Waals surface area contributed by atoms with Gasteiger partial charge in [0.15, 0.2) is 0 Å². The molecule has 0 atom stereocenters. The molecule has 1 N–H and O–H groups in total. The van der Waals surface area contributed by atoms with E-state index in [0.29, 0.717) is 5.56 Å². The van der Waals surface area contributed by atoms with E-state index in [4.69, 9.17) is 0 Å². The van der Waals surface area contributed by atoms with Crippen molar-refractivity contribution in [3.63, 3.8) is 0 Å². The van der Waals surface area contributed by atoms with Gasteiger partial charge in [0.2, 0.25) is 0 Å². The first kappa shape index (κ1) is 15.2. The molecule has 0 aliphatic heterocycles. The molecular formula is C18H12INO. The fourth-order valence-electron chi connectivity index (χ4n) is 1.58. The van der Waals surface area contributed by atoms with Crippen LogP contribution in [0.25, 0.3) is 0 Å². The van der Waals surface area contributed by atoms with E-state index >= 15 is 0 Å². The summed E-state index contributed by atoms with van der Waals surface area (Å²) in [4.78, 5) is 11.9. The van der Waals surface area contributed by atoms with Crippen LogP contribution in [0.1, 0.15) is 15.9 Å². The summed E-state index contributed by atoms with van der Waals surface area (Å²) in [5.74, 6) is 11.1. The Morgan fingerprint density at radius 3 is 2.48 bits per heavy atom. The highest BCUT2D eigenvalue weighted by atomic mass is 127. The maximum absolute atomic E-state index is 11.9. The molecule has 2 nitrogen and oxygen atoms in total. The summed E-state index contributed by atoms with van der Waals surface area (Å²) in [5, 5.41) is 2.75. The van der Waals surface area contributed by atoms with Crippen molar-refractivity contribution >= 4 is 28.5 Å². The molecule has 0 saturated heterocycles. The molecule has 21 heavy (non-hydrogen) atoms. The molecule has 1 amide bonds. The molecule has 0 fully saturated rings. The van der Waals surface area contributed by atoms with Gasteiger partial charge < -0.3 is 5.32 Å². The Morgan fingerprint density at radius 1 is 1.00 bits per heavy atom. The third kappa shape index (κ3) is 4.98. The minimum Gasteiger partial charge on any atom is -0.341 e. The van der Waals surface area contributed by atoms with Gasteiger partial charge in [-0.15, -0.1) is 0 Å². The molecule has 0 aliphatic carbocycles. The van der Waals surface area contributed by atoms with E-state index in [9.17, 15) is 4.79 Å². The largest absolute Gasteiger partial charge is 0.341 e. The molecule has 0 spiro atoms. The maximum atomic E-state index is 11.9. The molecule has 0 unspecified atom stereocenters. The van der Waals surface area contributed by atoms with Crippen molar-refractivity contribution in [1.82, 2.24) is 5.32 Å². The predicted octanol–water partition coefficient (Wildman–Crippen LogP) is 3.08. The number of benzene rings is 2. The van der Waals surface area contributed by atoms with E-state index in [1.807, 2.05) is 48.5 Å². The second-order valence-electron chi connectivity index (χ2n) is 4.08. The predicted molar refractivity (Wildman–Crippen MR) is 92.6 cm³/mol. The van der Waals surface area contributed by atoms with Gasteiger partial charge in [-0.05, 0) is 58.7 Å². The van der Waals surface area contributed by atoms with Gasteiger partial charge in [0.05, 0.1) is 12.1 Å². The lowest BCUT2D eigenvalue weighted by molar-refractivity contribution is 0.0958. The van der Waals surface area contributed by atoms with Gasteiger partial charge in [-0.2, -0.15) is 0 Å². The van der Waals surface area contributed by atoms with Crippen LogP contribution >= 0.6 is 22.6 Å². The molecule has 102 valence electrons. The molecule has 2 aromatic carbocycles. The third-order valence-electron chi connectivity index (χ3n) is 2.59. The SMILES string of the molecule is O=C(NCC#CC#Cc1ccccc1)c1ccccc1I. The van der Waals surface area contributed by atoms with E-state index < -0.39 is 0 Å². The Hall–Kier alpha value is -2.24. The summed E-state index contributed by atoms with van der Waals surface area (Å²) in [6, 6.07) is 17.1. The van der Waals surface area contributed by atoms with Gasteiger partial charge >= 0.3 is 0 Å². The summed E-state index contributed by atoms with van der Waals surface area (Å²) in [6.45, 7) is 0.285. The lowest BCUT2D eigenvalue weighted by atomic mass is 10.2. The highest BCUT2D eigenvalue weighted by Gasteiger charge is 2.06. The van der Waals surface area contributed by atoms with Crippen LogP contribution < -0.4 is 5.32 Å². The summed E-state index contributed by atoms with van der Waals surface area (Å²) in [6.07, 6.45) is 0. The van der Waals surface area contributed by atoms with Crippen LogP contribution in [0.4, 0.5) is 0 Å². The summed E-state index contributed by atoms with van der Waals surface area (Å²) in [7, 11) is 0. The first-order chi connectivity index (χ1) is 10.3. The normalized spacial score (nSPS) is 8.81. The first-order valence-corrected chi connectivity index (χ1v) is 7.42. The monoisotopic (exact) mass is 385 g/mol. The average molecular weight is 385 g/mol. The van der Waals surface area contributed by atoms with Crippen LogP contribution in [0.5, 0.6) is 0 Å². The molecule has 2 rings (SSSR count). The Morgan fingerprint density at radius 2 is 1.71 bits per heavy atom. The van der Waals surface area contributed by atoms with E-state index in [1.165, 1.54) is 0 Å². The Kier molecular flexibility index (Phi) is 5.87. The summed E-state index contributed by atoms with van der Waals surface area (Å²) < 4.78 is 0.921. The highest BCUT2D eigenvalue weighted by Crippen LogP contribution is 2.10. The highest BCUT2D eigenvalue weighted by molar-refractivity contribution is 14.1. The van der Waals surface area contributed by atoms with Gasteiger partial charge in [-0.25, -0.2) is 0 Å². The van der Waals surface area contributed by atoms with E-state index in [1.54, 1.807) is 6.07 Å². The van der Waals surface area contributed by atoms with Crippen molar-refractivity contribution in [2.75, 3.05) is 6.54 Å². The Labute approximate surface area is 138 Å². The fourth-order valence-corrected chi connectivity index (χ4v) is 2.21. The van der Waals surface area contributed by atoms with Gasteiger partial charge in [0, 0.05) is 9.13 Å². The number of halogens is 1. The molecule has 0 bridgehead atoms. The van der Waals surface area contributed by atoms with Crippen LogP contribution in [0.3, 0.4) is 0 Å². The number of amides is 1. The fraction of sp³-hybridized carbons (Fsp3) is 0.0556. The quantitative estimate of drug-likeness (QED) is 0.625. The second kappa shape index (κ2) is 8.14. The zero-order chi connectivity index (χ0) is 14.9. The Bertz CT molecular complexity index is 745. The smallest absolute Gasteiger partial charge is 0.253 e. The van der Waals surface area contributed by atoms with Gasteiger partial charge in [-0.1, -0.05) is 42.2 Å². The molecule has 3 heteroatoms. The summed E-state index contributed by atoms with van der Waals surface area (Å²) in [5.41, 5.74) is 1.59. The van der Waals surface area contributed by atoms with Gasteiger partial charge in [-0.3, -0.25) is 4.79 Å². The molecule has 0 aromatic heterocycles. The standard InChI is InChI=1S/C18H12INO/c19-17-13-7-6-12-16(17)18(21)20-14-8-2-5-11-15-9-3-1-4-10-15/h1,3-4,6-7,9-10,12-13H,14H2,(H,20,21). The molecule has 2 aromatic rings. The summed E-state index contributed by atoms with van der Waals surface area (Å²) >= 11 is 2.14. The topological polar surface area (TPSA) is 29.1 Å². The number of nitrogens with one attached hydrogen (secondary N) is 1. The molecule has 0 aliphatic rings. The molecule has 0 saturated carbocycles. The van der Waals surface area contributed by atoms with E-state index in [0.717, 1.165) is 9.13 Å². The van der Waals surface area contributed by atoms with Crippen molar-refractivity contribution in [2.24, 2.45) is 0 Å². The zero-order valence-corrected chi connectivity index (χ0v) is 13.3. The molecule has 0 heterocycles. The van der Waals surface area contributed by atoms with E-state index in [2.05, 4.69) is 51.6 Å². The van der Waals surface area contributed by atoms with Gasteiger partial charge in [0.25, 0.3) is 5.91 Å². The van der Waals surface area contributed by atoms with E-state index in [-0.39, 0.29) is 12.5 Å². The van der Waals surface area contributed by atoms with Crippen LogP contribution in [-0.2, 0) is 0 Å². The van der Waals surface area contributed by atoms with Crippen LogP contribution in [0, 0.1) is 27.3 Å². The van der Waals surface area contributed by atoms with Crippen molar-refractivity contribution in [3.8, 4) is 23.7 Å². The number of carbonyl (C=O) groups excluding carboxylic acids is 1. The lowest BCUT2D eigenvalue weighted by Gasteiger charge is -2.02. The van der Waals surface area contributed by atoms with Crippen LogP contribution in [0.15, 0.2) is 54.6 Å². The van der Waals surface area contributed by atoms with Crippen LogP contribution in [-0.4, -0.2) is 12.5 Å². The maximum Gasteiger partial charge on any atom is 0.253 e. The molecular weight excluding hydrogens is 373 g/mol. The number of carbonyl (C=O) groups is 1. The third-order valence-corrected chi connectivity index (χ3v) is 3.53. The zero-order valence-electron chi connectivity index (χ0n) is 11.2. The molecule has 0 radical (unpaired) electrons. The minimum atomic E-state index is -0.120. The van der Waals surface area contributed by atoms with Gasteiger partial charge in [0.1, 0.15) is 0 Å². The van der Waals surface area contributed by atoms with Crippen molar-refractivity contribution in [2.45, 2.75) is 0 Å². The lowest BCUT2D eigenvalue weighted by Crippen LogP contribution is -2.24. The van der Waals surface area contributed by atoms with Crippen LogP contribution in [0.2, 0.25) is 0 Å². The van der Waals surface area contributed by atoms with Crippen molar-refractivity contribution < 1.29 is 4.79 Å². The number of rotatable bonds is 2. The first-order valence-electron chi connectivity index (χ1n) is 6.34. The van der Waals surface area contributed by atoms with Crippen molar-refractivity contribution in [1.29, 1.82) is 0 Å². The van der Waals surface area contributed by atoms with Crippen molar-refractivity contribution in [3.05, 3.63) is 69.3 Å².